The Bertz CT molecular complexity index is 506. The Kier molecular flexibility index (Phi) is 7.43. The number of esters is 1. The molecule has 0 aliphatic heterocycles. The number of aryl methyl sites for hydroxylation is 2. The van der Waals surface area contributed by atoms with E-state index in [1.165, 1.54) is 23.8 Å². The van der Waals surface area contributed by atoms with Crippen LogP contribution in [-0.2, 0) is 16.0 Å². The summed E-state index contributed by atoms with van der Waals surface area (Å²) in [6.07, 6.45) is 0.926. The van der Waals surface area contributed by atoms with Gasteiger partial charge in [0.25, 0.3) is 0 Å². The van der Waals surface area contributed by atoms with Crippen LogP contribution >= 0.6 is 0 Å². The molecule has 0 saturated carbocycles. The molecule has 0 aliphatic carbocycles. The Morgan fingerprint density at radius 3 is 2.41 bits per heavy atom. The minimum atomic E-state index is -0.224. The van der Waals surface area contributed by atoms with E-state index < -0.39 is 0 Å². The van der Waals surface area contributed by atoms with Crippen LogP contribution in [0.15, 0.2) is 23.2 Å². The number of hydrogen-bond donors (Lipinski definition) is 2. The molecule has 1 atom stereocenters. The van der Waals surface area contributed by atoms with E-state index in [2.05, 4.69) is 47.7 Å². The zero-order valence-electron chi connectivity index (χ0n) is 14.2. The first kappa shape index (κ1) is 18.0. The molecule has 1 aromatic carbocycles. The number of ether oxygens (including phenoxy) is 1. The standard InChI is InChI=1S/C17H27N3O2/c1-12-8-13(2)10-15(9-12)6-7-19-17(18-4)20-11-14(3)16(21)22-5/h8-10,14H,6-7,11H2,1-5H3,(H2,18,19,20). The molecule has 0 bridgehead atoms. The summed E-state index contributed by atoms with van der Waals surface area (Å²) in [5, 5.41) is 6.39. The van der Waals surface area contributed by atoms with Gasteiger partial charge < -0.3 is 15.4 Å². The van der Waals surface area contributed by atoms with Crippen LogP contribution < -0.4 is 10.6 Å². The van der Waals surface area contributed by atoms with Crippen molar-refractivity contribution in [1.29, 1.82) is 0 Å². The molecular weight excluding hydrogens is 278 g/mol. The van der Waals surface area contributed by atoms with Gasteiger partial charge in [-0.15, -0.1) is 0 Å². The van der Waals surface area contributed by atoms with Crippen molar-refractivity contribution in [2.45, 2.75) is 27.2 Å². The summed E-state index contributed by atoms with van der Waals surface area (Å²) in [7, 11) is 3.12. The first-order valence-electron chi connectivity index (χ1n) is 7.55. The number of rotatable bonds is 6. The van der Waals surface area contributed by atoms with Crippen LogP contribution in [0.2, 0.25) is 0 Å². The van der Waals surface area contributed by atoms with Gasteiger partial charge in [-0.2, -0.15) is 0 Å². The van der Waals surface area contributed by atoms with Gasteiger partial charge >= 0.3 is 5.97 Å². The maximum atomic E-state index is 11.4. The molecule has 0 saturated heterocycles. The Morgan fingerprint density at radius 1 is 1.23 bits per heavy atom. The highest BCUT2D eigenvalue weighted by Gasteiger charge is 2.13. The second-order valence-electron chi connectivity index (χ2n) is 5.55. The lowest BCUT2D eigenvalue weighted by Gasteiger charge is -2.15. The summed E-state index contributed by atoms with van der Waals surface area (Å²) in [5.41, 5.74) is 3.87. The zero-order valence-corrected chi connectivity index (χ0v) is 14.2. The second-order valence-corrected chi connectivity index (χ2v) is 5.55. The monoisotopic (exact) mass is 305 g/mol. The second kappa shape index (κ2) is 9.07. The van der Waals surface area contributed by atoms with Crippen LogP contribution in [0.4, 0.5) is 0 Å². The van der Waals surface area contributed by atoms with Gasteiger partial charge in [-0.05, 0) is 25.8 Å². The molecule has 22 heavy (non-hydrogen) atoms. The Hall–Kier alpha value is -2.04. The number of nitrogens with zero attached hydrogens (tertiary/aromatic N) is 1. The fourth-order valence-electron chi connectivity index (χ4n) is 2.29. The Morgan fingerprint density at radius 2 is 1.86 bits per heavy atom. The summed E-state index contributed by atoms with van der Waals surface area (Å²) < 4.78 is 4.70. The van der Waals surface area contributed by atoms with Gasteiger partial charge in [0.15, 0.2) is 5.96 Å². The van der Waals surface area contributed by atoms with Gasteiger partial charge in [-0.3, -0.25) is 9.79 Å². The number of benzene rings is 1. The molecule has 1 aromatic rings. The SMILES string of the molecule is CN=C(NCCc1cc(C)cc(C)c1)NCC(C)C(=O)OC. The van der Waals surface area contributed by atoms with E-state index >= 15 is 0 Å². The van der Waals surface area contributed by atoms with E-state index in [1.54, 1.807) is 7.05 Å². The summed E-state index contributed by atoms with van der Waals surface area (Å²) in [6, 6.07) is 6.57. The molecule has 0 fully saturated rings. The molecule has 0 aliphatic rings. The molecule has 0 amide bonds. The number of nitrogens with one attached hydrogen (secondary N) is 2. The number of guanidine groups is 1. The summed E-state index contributed by atoms with van der Waals surface area (Å²) in [6.45, 7) is 7.32. The largest absolute Gasteiger partial charge is 0.469 e. The summed E-state index contributed by atoms with van der Waals surface area (Å²) in [5.74, 6) is 0.265. The van der Waals surface area contributed by atoms with Crippen LogP contribution in [-0.4, -0.2) is 39.2 Å². The van der Waals surface area contributed by atoms with Crippen molar-refractivity contribution in [3.63, 3.8) is 0 Å². The molecule has 0 aromatic heterocycles. The predicted molar refractivity (Wildman–Crippen MR) is 90.2 cm³/mol. The van der Waals surface area contributed by atoms with Gasteiger partial charge in [0, 0.05) is 20.1 Å². The molecule has 2 N–H and O–H groups in total. The quantitative estimate of drug-likeness (QED) is 0.478. The molecule has 122 valence electrons. The molecule has 5 heteroatoms. The number of methoxy groups -OCH3 is 1. The number of carbonyl (C=O) groups is 1. The third-order valence-corrected chi connectivity index (χ3v) is 3.39. The van der Waals surface area contributed by atoms with Gasteiger partial charge in [0.1, 0.15) is 0 Å². The fraction of sp³-hybridized carbons (Fsp3) is 0.529. The van der Waals surface area contributed by atoms with Crippen LogP contribution in [0.5, 0.6) is 0 Å². The van der Waals surface area contributed by atoms with Crippen LogP contribution in [0.1, 0.15) is 23.6 Å². The molecule has 0 heterocycles. The van der Waals surface area contributed by atoms with Crippen molar-refractivity contribution in [3.05, 3.63) is 34.9 Å². The fourth-order valence-corrected chi connectivity index (χ4v) is 2.29. The van der Waals surface area contributed by atoms with Crippen molar-refractivity contribution >= 4 is 11.9 Å². The van der Waals surface area contributed by atoms with Crippen molar-refractivity contribution in [3.8, 4) is 0 Å². The average Bonchev–Trinajstić information content (AvgIpc) is 2.48. The summed E-state index contributed by atoms with van der Waals surface area (Å²) in [4.78, 5) is 15.5. The molecule has 0 radical (unpaired) electrons. The van der Waals surface area contributed by atoms with E-state index in [0.29, 0.717) is 12.5 Å². The number of aliphatic imine (C=N–C) groups is 1. The number of hydrogen-bond acceptors (Lipinski definition) is 3. The minimum absolute atomic E-state index is 0.206. The molecule has 5 nitrogen and oxygen atoms in total. The van der Waals surface area contributed by atoms with Crippen molar-refractivity contribution in [1.82, 2.24) is 10.6 Å². The molecule has 0 spiro atoms. The lowest BCUT2D eigenvalue weighted by Crippen LogP contribution is -2.41. The highest BCUT2D eigenvalue weighted by atomic mass is 16.5. The third-order valence-electron chi connectivity index (χ3n) is 3.39. The highest BCUT2D eigenvalue weighted by Crippen LogP contribution is 2.08. The van der Waals surface area contributed by atoms with Crippen LogP contribution in [0.3, 0.4) is 0 Å². The van der Waals surface area contributed by atoms with Gasteiger partial charge in [-0.1, -0.05) is 36.2 Å². The topological polar surface area (TPSA) is 62.7 Å². The van der Waals surface area contributed by atoms with Crippen LogP contribution in [0.25, 0.3) is 0 Å². The zero-order chi connectivity index (χ0) is 16.5. The van der Waals surface area contributed by atoms with Gasteiger partial charge in [-0.25, -0.2) is 0 Å². The van der Waals surface area contributed by atoms with Crippen LogP contribution in [0, 0.1) is 19.8 Å². The first-order valence-corrected chi connectivity index (χ1v) is 7.55. The van der Waals surface area contributed by atoms with E-state index in [-0.39, 0.29) is 11.9 Å². The third kappa shape index (κ3) is 6.16. The molecular formula is C17H27N3O2. The van der Waals surface area contributed by atoms with E-state index in [0.717, 1.165) is 13.0 Å². The van der Waals surface area contributed by atoms with Crippen molar-refractivity contribution in [2.24, 2.45) is 10.9 Å². The first-order chi connectivity index (χ1) is 10.5. The van der Waals surface area contributed by atoms with E-state index in [1.807, 2.05) is 6.92 Å². The predicted octanol–water partition coefficient (Wildman–Crippen LogP) is 1.82. The maximum Gasteiger partial charge on any atom is 0.310 e. The van der Waals surface area contributed by atoms with E-state index in [9.17, 15) is 4.79 Å². The smallest absolute Gasteiger partial charge is 0.310 e. The average molecular weight is 305 g/mol. The Balaban J connectivity index is 2.40. The Labute approximate surface area is 133 Å². The normalized spacial score (nSPS) is 12.7. The lowest BCUT2D eigenvalue weighted by atomic mass is 10.1. The number of carbonyl (C=O) groups excluding carboxylic acids is 1. The van der Waals surface area contributed by atoms with Gasteiger partial charge in [0.2, 0.25) is 0 Å². The minimum Gasteiger partial charge on any atom is -0.469 e. The summed E-state index contributed by atoms with van der Waals surface area (Å²) >= 11 is 0. The highest BCUT2D eigenvalue weighted by molar-refractivity contribution is 5.80. The maximum absolute atomic E-state index is 11.4. The lowest BCUT2D eigenvalue weighted by molar-refractivity contribution is -0.144. The van der Waals surface area contributed by atoms with E-state index in [4.69, 9.17) is 4.74 Å². The molecule has 1 rings (SSSR count). The van der Waals surface area contributed by atoms with Crippen molar-refractivity contribution < 1.29 is 9.53 Å². The molecule has 1 unspecified atom stereocenters. The van der Waals surface area contributed by atoms with Gasteiger partial charge in [0.05, 0.1) is 13.0 Å². The van der Waals surface area contributed by atoms with Crippen molar-refractivity contribution in [2.75, 3.05) is 27.2 Å².